The normalized spacial score (nSPS) is 27.7. The minimum Gasteiger partial charge on any atom is -0.299 e. The Morgan fingerprint density at radius 3 is 2.38 bits per heavy atom. The Labute approximate surface area is 144 Å². The average molecular weight is 319 g/mol. The smallest absolute Gasteiger partial charge is 0.138 e. The summed E-state index contributed by atoms with van der Waals surface area (Å²) in [4.78, 5) is 15.4. The van der Waals surface area contributed by atoms with E-state index in [1.54, 1.807) is 0 Å². The van der Waals surface area contributed by atoms with Crippen LogP contribution in [-0.4, -0.2) is 23.3 Å². The zero-order valence-corrected chi connectivity index (χ0v) is 14.1. The highest BCUT2D eigenvalue weighted by Crippen LogP contribution is 2.42. The third-order valence-electron chi connectivity index (χ3n) is 5.75. The highest BCUT2D eigenvalue weighted by Gasteiger charge is 2.46. The van der Waals surface area contributed by atoms with Crippen LogP contribution in [0.1, 0.15) is 42.7 Å². The second-order valence-electron chi connectivity index (χ2n) is 7.24. The maximum absolute atomic E-state index is 12.9. The molecule has 24 heavy (non-hydrogen) atoms. The Hall–Kier alpha value is -1.93. The summed E-state index contributed by atoms with van der Waals surface area (Å²) < 4.78 is 0. The van der Waals surface area contributed by atoms with Gasteiger partial charge in [-0.1, -0.05) is 67.1 Å². The fourth-order valence-electron chi connectivity index (χ4n) is 4.63. The minimum atomic E-state index is 0.179. The molecule has 1 saturated carbocycles. The predicted molar refractivity (Wildman–Crippen MR) is 96.8 cm³/mol. The number of Topliss-reactive ketones (excluding diaryl/α,β-unsaturated/α-hetero) is 1. The van der Waals surface area contributed by atoms with E-state index < -0.39 is 0 Å². The fraction of sp³-hybridized carbons (Fsp3) is 0.409. The number of benzene rings is 2. The van der Waals surface area contributed by atoms with Crippen molar-refractivity contribution < 1.29 is 4.79 Å². The zero-order chi connectivity index (χ0) is 16.4. The lowest BCUT2D eigenvalue weighted by Crippen LogP contribution is -2.34. The van der Waals surface area contributed by atoms with Crippen molar-refractivity contribution in [2.45, 2.75) is 44.2 Å². The standard InChI is InChI=1S/C22H25NO/c24-21-14-8-7-13-20-22(21)19(18-11-5-2-6-12-18)16-23(20)15-17-9-3-1-4-10-17/h1-6,9-12,19-20,22H,7-8,13-16H2/t19-,20+,22+/m1/s1. The Balaban J connectivity index is 1.64. The summed E-state index contributed by atoms with van der Waals surface area (Å²) in [5.74, 6) is 1.02. The molecule has 2 aromatic rings. The third kappa shape index (κ3) is 3.03. The van der Waals surface area contributed by atoms with Gasteiger partial charge in [0.2, 0.25) is 0 Å². The first-order valence-electron chi connectivity index (χ1n) is 9.18. The monoisotopic (exact) mass is 319 g/mol. The molecular formula is C22H25NO. The van der Waals surface area contributed by atoms with Gasteiger partial charge in [-0.25, -0.2) is 0 Å². The van der Waals surface area contributed by atoms with Crippen LogP contribution in [0.4, 0.5) is 0 Å². The molecule has 0 unspecified atom stereocenters. The molecule has 2 heteroatoms. The lowest BCUT2D eigenvalue weighted by atomic mass is 9.82. The number of hydrogen-bond acceptors (Lipinski definition) is 2. The molecule has 2 aliphatic rings. The molecule has 0 bridgehead atoms. The van der Waals surface area contributed by atoms with Gasteiger partial charge in [-0.15, -0.1) is 0 Å². The minimum absolute atomic E-state index is 0.179. The van der Waals surface area contributed by atoms with Crippen LogP contribution in [0, 0.1) is 5.92 Å². The van der Waals surface area contributed by atoms with Gasteiger partial charge in [0.1, 0.15) is 5.78 Å². The van der Waals surface area contributed by atoms with Crippen molar-refractivity contribution in [3.05, 3.63) is 71.8 Å². The molecule has 124 valence electrons. The number of hydrogen-bond donors (Lipinski definition) is 0. The maximum Gasteiger partial charge on any atom is 0.138 e. The van der Waals surface area contributed by atoms with Gasteiger partial charge in [0.15, 0.2) is 0 Å². The number of rotatable bonds is 3. The molecule has 4 rings (SSSR count). The van der Waals surface area contributed by atoms with E-state index in [2.05, 4.69) is 65.6 Å². The first kappa shape index (κ1) is 15.6. The molecule has 1 saturated heterocycles. The molecular weight excluding hydrogens is 294 g/mol. The van der Waals surface area contributed by atoms with E-state index in [1.165, 1.54) is 17.5 Å². The Kier molecular flexibility index (Phi) is 4.48. The largest absolute Gasteiger partial charge is 0.299 e. The molecule has 1 heterocycles. The van der Waals surface area contributed by atoms with Crippen LogP contribution in [0.15, 0.2) is 60.7 Å². The van der Waals surface area contributed by atoms with Crippen molar-refractivity contribution >= 4 is 5.78 Å². The lowest BCUT2D eigenvalue weighted by Gasteiger charge is -2.26. The third-order valence-corrected chi connectivity index (χ3v) is 5.75. The lowest BCUT2D eigenvalue weighted by molar-refractivity contribution is -0.123. The molecule has 0 N–H and O–H groups in total. The number of fused-ring (bicyclic) bond motifs is 1. The van der Waals surface area contributed by atoms with Gasteiger partial charge in [0.25, 0.3) is 0 Å². The van der Waals surface area contributed by atoms with Gasteiger partial charge in [-0.3, -0.25) is 9.69 Å². The second kappa shape index (κ2) is 6.90. The highest BCUT2D eigenvalue weighted by atomic mass is 16.1. The van der Waals surface area contributed by atoms with Crippen LogP contribution < -0.4 is 0 Å². The SMILES string of the molecule is O=C1CCCC[C@H]2[C@@H]1[C@@H](c1ccccc1)CN2Cc1ccccc1. The summed E-state index contributed by atoms with van der Waals surface area (Å²) in [6.45, 7) is 1.96. The number of carbonyl (C=O) groups excluding carboxylic acids is 1. The van der Waals surface area contributed by atoms with Crippen LogP contribution in [0.3, 0.4) is 0 Å². The van der Waals surface area contributed by atoms with E-state index in [-0.39, 0.29) is 5.92 Å². The number of ketones is 1. The summed E-state index contributed by atoms with van der Waals surface area (Å²) in [7, 11) is 0. The van der Waals surface area contributed by atoms with E-state index in [9.17, 15) is 4.79 Å². The molecule has 2 aromatic carbocycles. The van der Waals surface area contributed by atoms with Gasteiger partial charge >= 0.3 is 0 Å². The number of carbonyl (C=O) groups is 1. The number of nitrogens with zero attached hydrogens (tertiary/aromatic N) is 1. The molecule has 1 aliphatic heterocycles. The first-order valence-corrected chi connectivity index (χ1v) is 9.18. The summed E-state index contributed by atoms with van der Waals surface area (Å²) in [5, 5.41) is 0. The van der Waals surface area contributed by atoms with E-state index in [1.807, 2.05) is 0 Å². The molecule has 1 aliphatic carbocycles. The first-order chi connectivity index (χ1) is 11.8. The Bertz CT molecular complexity index is 682. The molecule has 0 amide bonds. The van der Waals surface area contributed by atoms with Crippen LogP contribution in [0.5, 0.6) is 0 Å². The van der Waals surface area contributed by atoms with Crippen LogP contribution in [-0.2, 0) is 11.3 Å². The van der Waals surface area contributed by atoms with E-state index >= 15 is 0 Å². The molecule has 0 radical (unpaired) electrons. The fourth-order valence-corrected chi connectivity index (χ4v) is 4.63. The predicted octanol–water partition coefficient (Wildman–Crippen LogP) is 4.41. The van der Waals surface area contributed by atoms with Gasteiger partial charge in [0, 0.05) is 37.4 Å². The summed E-state index contributed by atoms with van der Waals surface area (Å²) in [6, 6.07) is 21.8. The van der Waals surface area contributed by atoms with Gasteiger partial charge < -0.3 is 0 Å². The van der Waals surface area contributed by atoms with Crippen LogP contribution >= 0.6 is 0 Å². The second-order valence-corrected chi connectivity index (χ2v) is 7.24. The van der Waals surface area contributed by atoms with E-state index in [0.29, 0.717) is 17.7 Å². The van der Waals surface area contributed by atoms with Crippen molar-refractivity contribution in [3.63, 3.8) is 0 Å². The van der Waals surface area contributed by atoms with E-state index in [4.69, 9.17) is 0 Å². The maximum atomic E-state index is 12.9. The topological polar surface area (TPSA) is 20.3 Å². The van der Waals surface area contributed by atoms with Gasteiger partial charge in [-0.05, 0) is 24.0 Å². The quantitative estimate of drug-likeness (QED) is 0.835. The summed E-state index contributed by atoms with van der Waals surface area (Å²) >= 11 is 0. The van der Waals surface area contributed by atoms with Crippen molar-refractivity contribution in [2.24, 2.45) is 5.92 Å². The highest BCUT2D eigenvalue weighted by molar-refractivity contribution is 5.83. The Morgan fingerprint density at radius 1 is 0.917 bits per heavy atom. The van der Waals surface area contributed by atoms with Crippen LogP contribution in [0.25, 0.3) is 0 Å². The number of likely N-dealkylation sites (tertiary alicyclic amines) is 1. The van der Waals surface area contributed by atoms with Crippen LogP contribution in [0.2, 0.25) is 0 Å². The molecule has 2 fully saturated rings. The summed E-state index contributed by atoms with van der Waals surface area (Å²) in [6.07, 6.45) is 4.17. The Morgan fingerprint density at radius 2 is 1.62 bits per heavy atom. The van der Waals surface area contributed by atoms with E-state index in [0.717, 1.165) is 32.4 Å². The zero-order valence-electron chi connectivity index (χ0n) is 14.1. The average Bonchev–Trinajstić information content (AvgIpc) is 2.87. The molecule has 0 aromatic heterocycles. The molecule has 2 nitrogen and oxygen atoms in total. The van der Waals surface area contributed by atoms with Gasteiger partial charge in [-0.2, -0.15) is 0 Å². The van der Waals surface area contributed by atoms with Crippen molar-refractivity contribution in [1.29, 1.82) is 0 Å². The van der Waals surface area contributed by atoms with Crippen molar-refractivity contribution in [1.82, 2.24) is 4.90 Å². The van der Waals surface area contributed by atoms with Crippen molar-refractivity contribution in [3.8, 4) is 0 Å². The summed E-state index contributed by atoms with van der Waals surface area (Å²) in [5.41, 5.74) is 2.68. The molecule has 3 atom stereocenters. The van der Waals surface area contributed by atoms with Crippen molar-refractivity contribution in [2.75, 3.05) is 6.54 Å². The molecule has 0 spiro atoms. The van der Waals surface area contributed by atoms with Gasteiger partial charge in [0.05, 0.1) is 0 Å².